The molecule has 1 amide bonds. The monoisotopic (exact) mass is 313 g/mol. The van der Waals surface area contributed by atoms with Crippen molar-refractivity contribution >= 4 is 11.6 Å². The van der Waals surface area contributed by atoms with E-state index in [4.69, 9.17) is 4.74 Å². The minimum atomic E-state index is -0.412. The molecule has 6 nitrogen and oxygen atoms in total. The highest BCUT2D eigenvalue weighted by Gasteiger charge is 2.19. The molecule has 0 radical (unpaired) electrons. The molecule has 1 aromatic carbocycles. The molecule has 0 bridgehead atoms. The first-order valence-electron chi connectivity index (χ1n) is 7.59. The third-order valence-corrected chi connectivity index (χ3v) is 4.12. The molecule has 23 heavy (non-hydrogen) atoms. The third kappa shape index (κ3) is 2.84. The molecule has 1 aliphatic rings. The molecule has 0 saturated heterocycles. The molecule has 1 aliphatic heterocycles. The van der Waals surface area contributed by atoms with Gasteiger partial charge in [0.25, 0.3) is 11.5 Å². The number of anilines is 1. The van der Waals surface area contributed by atoms with Crippen molar-refractivity contribution in [3.63, 3.8) is 0 Å². The lowest BCUT2D eigenvalue weighted by molar-refractivity contribution is 0.102. The molecule has 2 heterocycles. The fourth-order valence-electron chi connectivity index (χ4n) is 2.75. The molecule has 0 unspecified atom stereocenters. The Morgan fingerprint density at radius 3 is 2.91 bits per heavy atom. The van der Waals surface area contributed by atoms with E-state index in [-0.39, 0.29) is 5.56 Å². The number of ether oxygens (including phenoxy) is 1. The van der Waals surface area contributed by atoms with E-state index in [0.717, 1.165) is 30.8 Å². The summed E-state index contributed by atoms with van der Waals surface area (Å²) in [4.78, 5) is 24.8. The Kier molecular flexibility index (Phi) is 3.90. The number of hydrogen-bond acceptors (Lipinski definition) is 4. The van der Waals surface area contributed by atoms with Crippen LogP contribution in [0.2, 0.25) is 0 Å². The summed E-state index contributed by atoms with van der Waals surface area (Å²) in [5.41, 5.74) is 2.74. The summed E-state index contributed by atoms with van der Waals surface area (Å²) in [7, 11) is 1.54. The van der Waals surface area contributed by atoms with Gasteiger partial charge in [0.05, 0.1) is 12.3 Å². The summed E-state index contributed by atoms with van der Waals surface area (Å²) in [6.07, 6.45) is 1.89. The molecule has 0 saturated carbocycles. The fraction of sp³-hybridized carbons (Fsp3) is 0.353. The molecule has 3 rings (SSSR count). The number of carbonyl (C=O) groups is 1. The molecule has 0 atom stereocenters. The highest BCUT2D eigenvalue weighted by Crippen LogP contribution is 2.27. The van der Waals surface area contributed by atoms with Gasteiger partial charge in [-0.2, -0.15) is 5.10 Å². The van der Waals surface area contributed by atoms with E-state index in [1.54, 1.807) is 27.0 Å². The molecule has 6 heteroatoms. The van der Waals surface area contributed by atoms with Crippen molar-refractivity contribution in [1.82, 2.24) is 9.78 Å². The van der Waals surface area contributed by atoms with E-state index in [2.05, 4.69) is 10.4 Å². The highest BCUT2D eigenvalue weighted by molar-refractivity contribution is 6.05. The van der Waals surface area contributed by atoms with Crippen molar-refractivity contribution in [2.75, 3.05) is 11.9 Å². The van der Waals surface area contributed by atoms with Crippen molar-refractivity contribution in [2.24, 2.45) is 7.05 Å². The van der Waals surface area contributed by atoms with Crippen LogP contribution in [0.15, 0.2) is 23.0 Å². The molecule has 1 aromatic heterocycles. The Labute approximate surface area is 134 Å². The average molecular weight is 313 g/mol. The summed E-state index contributed by atoms with van der Waals surface area (Å²) < 4.78 is 6.76. The van der Waals surface area contributed by atoms with Crippen LogP contribution in [0.3, 0.4) is 0 Å². The van der Waals surface area contributed by atoms with Crippen molar-refractivity contribution in [3.05, 3.63) is 50.9 Å². The quantitative estimate of drug-likeness (QED) is 0.920. The van der Waals surface area contributed by atoms with Gasteiger partial charge in [-0.1, -0.05) is 0 Å². The number of rotatable bonds is 2. The smallest absolute Gasteiger partial charge is 0.279 e. The first kappa shape index (κ1) is 15.3. The van der Waals surface area contributed by atoms with Gasteiger partial charge in [-0.05, 0) is 56.0 Å². The van der Waals surface area contributed by atoms with Gasteiger partial charge >= 0.3 is 0 Å². The van der Waals surface area contributed by atoms with Gasteiger partial charge in [0.15, 0.2) is 0 Å². The van der Waals surface area contributed by atoms with Crippen LogP contribution in [0.1, 0.15) is 33.6 Å². The lowest BCUT2D eigenvalue weighted by Gasteiger charge is -2.18. The van der Waals surface area contributed by atoms with Gasteiger partial charge in [0.2, 0.25) is 0 Å². The molecule has 1 N–H and O–H groups in total. The number of benzene rings is 1. The van der Waals surface area contributed by atoms with Crippen LogP contribution in [0, 0.1) is 13.8 Å². The second-order valence-electron chi connectivity index (χ2n) is 5.74. The predicted octanol–water partition coefficient (Wildman–Crippen LogP) is 1.97. The first-order valence-corrected chi connectivity index (χ1v) is 7.59. The van der Waals surface area contributed by atoms with Gasteiger partial charge in [-0.3, -0.25) is 9.59 Å². The van der Waals surface area contributed by atoms with E-state index >= 15 is 0 Å². The molecule has 120 valence electrons. The number of hydrogen-bond donors (Lipinski definition) is 1. The number of aryl methyl sites for hydroxylation is 3. The maximum absolute atomic E-state index is 12.5. The summed E-state index contributed by atoms with van der Waals surface area (Å²) in [5.74, 6) is 0.450. The number of nitrogens with one attached hydrogen (secondary N) is 1. The van der Waals surface area contributed by atoms with E-state index in [9.17, 15) is 9.59 Å². The van der Waals surface area contributed by atoms with Gasteiger partial charge in [-0.25, -0.2) is 4.68 Å². The van der Waals surface area contributed by atoms with Crippen LogP contribution in [-0.4, -0.2) is 22.3 Å². The number of carbonyl (C=O) groups excluding carboxylic acids is 1. The van der Waals surface area contributed by atoms with Gasteiger partial charge < -0.3 is 10.1 Å². The summed E-state index contributed by atoms with van der Waals surface area (Å²) in [6, 6.07) is 5.54. The van der Waals surface area contributed by atoms with Crippen molar-refractivity contribution < 1.29 is 9.53 Å². The van der Waals surface area contributed by atoms with Crippen LogP contribution >= 0.6 is 0 Å². The maximum atomic E-state index is 12.5. The molecule has 0 aliphatic carbocycles. The zero-order valence-electron chi connectivity index (χ0n) is 13.5. The molecule has 0 fully saturated rings. The van der Waals surface area contributed by atoms with E-state index in [1.165, 1.54) is 4.68 Å². The number of amides is 1. The lowest BCUT2D eigenvalue weighted by atomic mass is 10.1. The SMILES string of the molecule is Cc1nn(C)c(=O)c(C(=O)Nc2ccc3c(c2)CCCO3)c1C. The zero-order valence-corrected chi connectivity index (χ0v) is 13.5. The average Bonchev–Trinajstić information content (AvgIpc) is 2.53. The fourth-order valence-corrected chi connectivity index (χ4v) is 2.75. The lowest BCUT2D eigenvalue weighted by Crippen LogP contribution is -2.31. The predicted molar refractivity (Wildman–Crippen MR) is 87.2 cm³/mol. The Balaban J connectivity index is 1.92. The van der Waals surface area contributed by atoms with Crippen molar-refractivity contribution in [1.29, 1.82) is 0 Å². The summed E-state index contributed by atoms with van der Waals surface area (Å²) in [6.45, 7) is 4.24. The Hall–Kier alpha value is -2.63. The van der Waals surface area contributed by atoms with Crippen molar-refractivity contribution in [3.8, 4) is 5.75 Å². The molecular weight excluding hydrogens is 294 g/mol. The Bertz CT molecular complexity index is 840. The van der Waals surface area contributed by atoms with Gasteiger partial charge in [0, 0.05) is 12.7 Å². The van der Waals surface area contributed by atoms with E-state index in [1.807, 2.05) is 12.1 Å². The van der Waals surface area contributed by atoms with Gasteiger partial charge in [0.1, 0.15) is 11.3 Å². The summed E-state index contributed by atoms with van der Waals surface area (Å²) in [5, 5.41) is 6.90. The molecular formula is C17H19N3O3. The maximum Gasteiger partial charge on any atom is 0.279 e. The standard InChI is InChI=1S/C17H19N3O3/c1-10-11(2)19-20(3)17(22)15(10)16(21)18-13-6-7-14-12(9-13)5-4-8-23-14/h6-7,9H,4-5,8H2,1-3H3,(H,18,21). The topological polar surface area (TPSA) is 73.2 Å². The minimum absolute atomic E-state index is 0.133. The number of fused-ring (bicyclic) bond motifs is 1. The zero-order chi connectivity index (χ0) is 16.6. The van der Waals surface area contributed by atoms with E-state index < -0.39 is 11.5 Å². The molecule has 2 aromatic rings. The summed E-state index contributed by atoms with van der Waals surface area (Å²) >= 11 is 0. The highest BCUT2D eigenvalue weighted by atomic mass is 16.5. The Morgan fingerprint density at radius 2 is 2.13 bits per heavy atom. The van der Waals surface area contributed by atoms with Gasteiger partial charge in [-0.15, -0.1) is 0 Å². The van der Waals surface area contributed by atoms with E-state index in [0.29, 0.717) is 16.9 Å². The Morgan fingerprint density at radius 1 is 1.35 bits per heavy atom. The van der Waals surface area contributed by atoms with Crippen LogP contribution in [0.4, 0.5) is 5.69 Å². The number of aromatic nitrogens is 2. The second-order valence-corrected chi connectivity index (χ2v) is 5.74. The van der Waals surface area contributed by atoms with Crippen LogP contribution < -0.4 is 15.6 Å². The first-order chi connectivity index (χ1) is 11.0. The second kappa shape index (κ2) is 5.87. The largest absolute Gasteiger partial charge is 0.493 e. The minimum Gasteiger partial charge on any atom is -0.493 e. The van der Waals surface area contributed by atoms with Crippen LogP contribution in [0.25, 0.3) is 0 Å². The molecule has 0 spiro atoms. The van der Waals surface area contributed by atoms with Crippen LogP contribution in [0.5, 0.6) is 5.75 Å². The normalized spacial score (nSPS) is 13.2. The number of nitrogens with zero attached hydrogens (tertiary/aromatic N) is 2. The van der Waals surface area contributed by atoms with Crippen LogP contribution in [-0.2, 0) is 13.5 Å². The van der Waals surface area contributed by atoms with Crippen molar-refractivity contribution in [2.45, 2.75) is 26.7 Å². The third-order valence-electron chi connectivity index (χ3n) is 4.12.